The lowest BCUT2D eigenvalue weighted by Gasteiger charge is -2.34. The van der Waals surface area contributed by atoms with Gasteiger partial charge in [-0.15, -0.1) is 0 Å². The Kier molecular flexibility index (Phi) is 6.81. The molecule has 0 spiro atoms. The Bertz CT molecular complexity index is 508. The number of aliphatic carboxylic acids is 1. The molecule has 1 aliphatic rings. The quantitative estimate of drug-likeness (QED) is 0.766. The van der Waals surface area contributed by atoms with E-state index in [0.29, 0.717) is 6.04 Å². The fourth-order valence-electron chi connectivity index (χ4n) is 3.70. The molecule has 1 fully saturated rings. The maximum atomic E-state index is 11.0. The van der Waals surface area contributed by atoms with Crippen molar-refractivity contribution in [3.63, 3.8) is 0 Å². The van der Waals surface area contributed by atoms with Gasteiger partial charge in [0.1, 0.15) is 0 Å². The van der Waals surface area contributed by atoms with Crippen molar-refractivity contribution in [2.75, 3.05) is 20.1 Å². The van der Waals surface area contributed by atoms with E-state index in [1.807, 2.05) is 0 Å². The Morgan fingerprint density at radius 2 is 1.83 bits per heavy atom. The smallest absolute Gasteiger partial charge is 0.306 e. The molecule has 1 saturated carbocycles. The maximum Gasteiger partial charge on any atom is 0.306 e. The van der Waals surface area contributed by atoms with E-state index in [1.54, 1.807) is 0 Å². The van der Waals surface area contributed by atoms with Gasteiger partial charge in [-0.2, -0.15) is 0 Å². The number of carboxylic acid groups (broad SMARTS) is 1. The zero-order valence-corrected chi connectivity index (χ0v) is 15.3. The third-order valence-electron chi connectivity index (χ3n) is 4.94. The van der Waals surface area contributed by atoms with E-state index in [0.717, 1.165) is 45.3 Å². The number of benzene rings is 1. The fourth-order valence-corrected chi connectivity index (χ4v) is 3.70. The van der Waals surface area contributed by atoms with Gasteiger partial charge in [0.05, 0.1) is 5.92 Å². The molecule has 0 amide bonds. The van der Waals surface area contributed by atoms with Crippen LogP contribution < -0.4 is 5.32 Å². The second-order valence-electron chi connectivity index (χ2n) is 8.09. The summed E-state index contributed by atoms with van der Waals surface area (Å²) in [6.45, 7) is 7.55. The topological polar surface area (TPSA) is 52.6 Å². The first-order valence-corrected chi connectivity index (χ1v) is 9.04. The van der Waals surface area contributed by atoms with Gasteiger partial charge in [0.15, 0.2) is 0 Å². The van der Waals surface area contributed by atoms with E-state index in [2.05, 4.69) is 61.4 Å². The third kappa shape index (κ3) is 6.25. The van der Waals surface area contributed by atoms with Gasteiger partial charge in [-0.1, -0.05) is 44.2 Å². The first-order valence-electron chi connectivity index (χ1n) is 9.04. The minimum Gasteiger partial charge on any atom is -0.481 e. The lowest BCUT2D eigenvalue weighted by Crippen LogP contribution is -2.43. The predicted molar refractivity (Wildman–Crippen MR) is 97.9 cm³/mol. The number of hydrogen-bond acceptors (Lipinski definition) is 3. The fraction of sp³-hybridized carbons (Fsp3) is 0.650. The Labute approximate surface area is 146 Å². The van der Waals surface area contributed by atoms with Gasteiger partial charge in [0.2, 0.25) is 0 Å². The van der Waals surface area contributed by atoms with Crippen LogP contribution in [0.3, 0.4) is 0 Å². The van der Waals surface area contributed by atoms with Crippen LogP contribution in [0, 0.1) is 11.3 Å². The standard InChI is InChI=1S/C20H32N2O2/c1-20(2,15-22(3)13-16-7-5-4-6-8-16)14-21-18-11-9-17(10-12-18)19(23)24/h4-8,17-18,21H,9-15H2,1-3H3,(H,23,24). The van der Waals surface area contributed by atoms with E-state index in [4.69, 9.17) is 5.11 Å². The molecular formula is C20H32N2O2. The van der Waals surface area contributed by atoms with Crippen LogP contribution in [0.15, 0.2) is 30.3 Å². The highest BCUT2D eigenvalue weighted by Crippen LogP contribution is 2.25. The van der Waals surface area contributed by atoms with E-state index in [-0.39, 0.29) is 11.3 Å². The summed E-state index contributed by atoms with van der Waals surface area (Å²) in [6, 6.07) is 11.0. The van der Waals surface area contributed by atoms with Crippen molar-refractivity contribution in [3.8, 4) is 0 Å². The first kappa shape index (κ1) is 18.9. The van der Waals surface area contributed by atoms with E-state index < -0.39 is 5.97 Å². The van der Waals surface area contributed by atoms with Crippen molar-refractivity contribution >= 4 is 5.97 Å². The monoisotopic (exact) mass is 332 g/mol. The highest BCUT2D eigenvalue weighted by molar-refractivity contribution is 5.70. The van der Waals surface area contributed by atoms with Crippen molar-refractivity contribution < 1.29 is 9.90 Å². The number of rotatable bonds is 8. The summed E-state index contributed by atoms with van der Waals surface area (Å²) in [5.41, 5.74) is 1.53. The third-order valence-corrected chi connectivity index (χ3v) is 4.94. The molecule has 0 unspecified atom stereocenters. The van der Waals surface area contributed by atoms with E-state index in [9.17, 15) is 4.79 Å². The molecule has 2 rings (SSSR count). The molecule has 134 valence electrons. The van der Waals surface area contributed by atoms with Crippen LogP contribution >= 0.6 is 0 Å². The van der Waals surface area contributed by atoms with Crippen molar-refractivity contribution in [3.05, 3.63) is 35.9 Å². The minimum absolute atomic E-state index is 0.131. The molecule has 0 bridgehead atoms. The summed E-state index contributed by atoms with van der Waals surface area (Å²) in [6.07, 6.45) is 3.57. The van der Waals surface area contributed by atoms with Gasteiger partial charge in [-0.05, 0) is 43.7 Å². The average Bonchev–Trinajstić information content (AvgIpc) is 2.54. The summed E-state index contributed by atoms with van der Waals surface area (Å²) < 4.78 is 0. The highest BCUT2D eigenvalue weighted by Gasteiger charge is 2.27. The van der Waals surface area contributed by atoms with E-state index >= 15 is 0 Å². The second kappa shape index (κ2) is 8.63. The van der Waals surface area contributed by atoms with Crippen molar-refractivity contribution in [2.45, 2.75) is 52.1 Å². The summed E-state index contributed by atoms with van der Waals surface area (Å²) in [7, 11) is 2.17. The second-order valence-corrected chi connectivity index (χ2v) is 8.09. The van der Waals surface area contributed by atoms with Gasteiger partial charge < -0.3 is 15.3 Å². The molecule has 4 nitrogen and oxygen atoms in total. The Morgan fingerprint density at radius 3 is 2.42 bits per heavy atom. The van der Waals surface area contributed by atoms with Gasteiger partial charge in [0, 0.05) is 25.7 Å². The van der Waals surface area contributed by atoms with Gasteiger partial charge in [-0.3, -0.25) is 4.79 Å². The molecule has 0 aromatic heterocycles. The molecular weight excluding hydrogens is 300 g/mol. The maximum absolute atomic E-state index is 11.0. The number of hydrogen-bond donors (Lipinski definition) is 2. The van der Waals surface area contributed by atoms with Crippen LogP contribution in [0.2, 0.25) is 0 Å². The molecule has 1 aliphatic carbocycles. The highest BCUT2D eigenvalue weighted by atomic mass is 16.4. The number of nitrogens with one attached hydrogen (secondary N) is 1. The largest absolute Gasteiger partial charge is 0.481 e. The zero-order valence-electron chi connectivity index (χ0n) is 15.3. The molecule has 1 aromatic rings. The Hall–Kier alpha value is -1.39. The van der Waals surface area contributed by atoms with Crippen molar-refractivity contribution in [1.82, 2.24) is 10.2 Å². The number of carbonyl (C=O) groups is 1. The van der Waals surface area contributed by atoms with E-state index in [1.165, 1.54) is 5.56 Å². The molecule has 0 atom stereocenters. The first-order chi connectivity index (χ1) is 11.4. The average molecular weight is 332 g/mol. The predicted octanol–water partition coefficient (Wildman–Crippen LogP) is 3.38. The number of nitrogens with zero attached hydrogens (tertiary/aromatic N) is 1. The summed E-state index contributed by atoms with van der Waals surface area (Å²) in [5.74, 6) is -0.760. The molecule has 0 heterocycles. The lowest BCUT2D eigenvalue weighted by atomic mass is 9.85. The Balaban J connectivity index is 1.72. The lowest BCUT2D eigenvalue weighted by molar-refractivity contribution is -0.142. The summed E-state index contributed by atoms with van der Waals surface area (Å²) in [4.78, 5) is 13.4. The summed E-state index contributed by atoms with van der Waals surface area (Å²) >= 11 is 0. The van der Waals surface area contributed by atoms with Crippen molar-refractivity contribution in [1.29, 1.82) is 0 Å². The van der Waals surface area contributed by atoms with Crippen LogP contribution in [-0.4, -0.2) is 42.2 Å². The molecule has 0 saturated heterocycles. The molecule has 0 radical (unpaired) electrons. The van der Waals surface area contributed by atoms with Crippen LogP contribution in [0.25, 0.3) is 0 Å². The van der Waals surface area contributed by atoms with Gasteiger partial charge >= 0.3 is 5.97 Å². The normalized spacial score (nSPS) is 21.8. The molecule has 24 heavy (non-hydrogen) atoms. The van der Waals surface area contributed by atoms with Crippen molar-refractivity contribution in [2.24, 2.45) is 11.3 Å². The summed E-state index contributed by atoms with van der Waals surface area (Å²) in [5, 5.41) is 12.7. The molecule has 0 aliphatic heterocycles. The SMILES string of the molecule is CN(Cc1ccccc1)CC(C)(C)CNC1CCC(C(=O)O)CC1. The van der Waals surface area contributed by atoms with Gasteiger partial charge in [0.25, 0.3) is 0 Å². The van der Waals surface area contributed by atoms with Crippen LogP contribution in [0.5, 0.6) is 0 Å². The number of carboxylic acids is 1. The minimum atomic E-state index is -0.628. The van der Waals surface area contributed by atoms with Crippen LogP contribution in [0.1, 0.15) is 45.1 Å². The molecule has 2 N–H and O–H groups in total. The van der Waals surface area contributed by atoms with Crippen LogP contribution in [-0.2, 0) is 11.3 Å². The van der Waals surface area contributed by atoms with Crippen LogP contribution in [0.4, 0.5) is 0 Å². The Morgan fingerprint density at radius 1 is 1.21 bits per heavy atom. The zero-order chi connectivity index (χ0) is 17.6. The molecule has 1 aromatic carbocycles. The molecule has 4 heteroatoms. The van der Waals surface area contributed by atoms with Gasteiger partial charge in [-0.25, -0.2) is 0 Å².